The van der Waals surface area contributed by atoms with E-state index in [-0.39, 0.29) is 37.3 Å². The van der Waals surface area contributed by atoms with Gasteiger partial charge in [-0.25, -0.2) is 8.42 Å². The van der Waals surface area contributed by atoms with E-state index in [2.05, 4.69) is 0 Å². The van der Waals surface area contributed by atoms with Crippen molar-refractivity contribution in [3.8, 4) is 0 Å². The van der Waals surface area contributed by atoms with Gasteiger partial charge in [-0.1, -0.05) is 24.3 Å². The van der Waals surface area contributed by atoms with Gasteiger partial charge in [-0.2, -0.15) is 17.5 Å². The molecular formula is C19H16F3N2O5S-. The summed E-state index contributed by atoms with van der Waals surface area (Å²) < 4.78 is 65.1. The van der Waals surface area contributed by atoms with Crippen LogP contribution < -0.4 is 5.11 Å². The molecule has 2 aromatic rings. The fourth-order valence-electron chi connectivity index (χ4n) is 3.13. The van der Waals surface area contributed by atoms with Crippen molar-refractivity contribution < 1.29 is 36.3 Å². The quantitative estimate of drug-likeness (QED) is 0.711. The van der Waals surface area contributed by atoms with Crippen LogP contribution in [-0.4, -0.2) is 55.7 Å². The lowest BCUT2D eigenvalue weighted by atomic mass is 10.1. The predicted molar refractivity (Wildman–Crippen MR) is 96.9 cm³/mol. The number of hydrogen-bond donors (Lipinski definition) is 0. The monoisotopic (exact) mass is 441 g/mol. The topological polar surface area (TPSA) is 97.8 Å². The molecule has 1 fully saturated rings. The zero-order valence-corrected chi connectivity index (χ0v) is 16.2. The summed E-state index contributed by atoms with van der Waals surface area (Å²) in [6.45, 7) is -0.369. The van der Waals surface area contributed by atoms with Crippen molar-refractivity contribution in [3.05, 3.63) is 65.2 Å². The molecule has 1 amide bonds. The van der Waals surface area contributed by atoms with E-state index in [1.165, 1.54) is 29.2 Å². The second kappa shape index (κ2) is 8.07. The Bertz CT molecular complexity index is 1080. The van der Waals surface area contributed by atoms with E-state index in [0.29, 0.717) is 6.07 Å². The van der Waals surface area contributed by atoms with E-state index >= 15 is 0 Å². The molecule has 0 saturated carbocycles. The number of halogens is 3. The molecule has 0 radical (unpaired) electrons. The third-order valence-electron chi connectivity index (χ3n) is 4.70. The number of carbonyl (C=O) groups excluding carboxylic acids is 2. The molecule has 30 heavy (non-hydrogen) atoms. The minimum Gasteiger partial charge on any atom is -0.545 e. The van der Waals surface area contributed by atoms with Gasteiger partial charge >= 0.3 is 6.18 Å². The number of sulfonamides is 1. The summed E-state index contributed by atoms with van der Waals surface area (Å²) in [7, 11) is -4.19. The minimum atomic E-state index is -4.68. The largest absolute Gasteiger partial charge is 0.545 e. The second-order valence-electron chi connectivity index (χ2n) is 6.55. The van der Waals surface area contributed by atoms with Crippen LogP contribution in [0.3, 0.4) is 0 Å². The summed E-state index contributed by atoms with van der Waals surface area (Å²) in [5.74, 6) is -2.10. The SMILES string of the molecule is O=C([O-])c1ccccc1C(=O)N1CCN(S(=O)(=O)c2cccc(C(F)(F)F)c2)CC1. The highest BCUT2D eigenvalue weighted by Gasteiger charge is 2.34. The van der Waals surface area contributed by atoms with Gasteiger partial charge in [0.1, 0.15) is 0 Å². The van der Waals surface area contributed by atoms with Gasteiger partial charge in [0.15, 0.2) is 0 Å². The molecule has 0 N–H and O–H groups in total. The lowest BCUT2D eigenvalue weighted by molar-refractivity contribution is -0.255. The lowest BCUT2D eigenvalue weighted by Crippen LogP contribution is -2.50. The Kier molecular flexibility index (Phi) is 5.86. The number of hydrogen-bond acceptors (Lipinski definition) is 5. The summed E-state index contributed by atoms with van der Waals surface area (Å²) in [6.07, 6.45) is -4.68. The average molecular weight is 441 g/mol. The molecule has 0 bridgehead atoms. The van der Waals surface area contributed by atoms with Crippen LogP contribution in [0.15, 0.2) is 53.4 Å². The molecule has 0 aromatic heterocycles. The first kappa shape index (κ1) is 21.8. The van der Waals surface area contributed by atoms with Crippen LogP contribution in [0.5, 0.6) is 0 Å². The fraction of sp³-hybridized carbons (Fsp3) is 0.263. The first-order valence-electron chi connectivity index (χ1n) is 8.79. The van der Waals surface area contributed by atoms with E-state index < -0.39 is 38.5 Å². The number of carboxylic acid groups (broad SMARTS) is 1. The molecule has 0 aliphatic carbocycles. The van der Waals surface area contributed by atoms with Crippen molar-refractivity contribution in [2.75, 3.05) is 26.2 Å². The third kappa shape index (κ3) is 4.31. The number of nitrogens with zero attached hydrogens (tertiary/aromatic N) is 2. The van der Waals surface area contributed by atoms with Crippen LogP contribution in [0, 0.1) is 0 Å². The summed E-state index contributed by atoms with van der Waals surface area (Å²) in [4.78, 5) is 24.7. The fourth-order valence-corrected chi connectivity index (χ4v) is 4.60. The summed E-state index contributed by atoms with van der Waals surface area (Å²) in [5.41, 5.74) is -1.43. The number of alkyl halides is 3. The molecule has 0 atom stereocenters. The maximum absolute atomic E-state index is 12.9. The third-order valence-corrected chi connectivity index (χ3v) is 6.60. The van der Waals surface area contributed by atoms with Crippen molar-refractivity contribution in [1.82, 2.24) is 9.21 Å². The van der Waals surface area contributed by atoms with Crippen molar-refractivity contribution in [2.45, 2.75) is 11.1 Å². The molecule has 0 unspecified atom stereocenters. The maximum atomic E-state index is 12.9. The van der Waals surface area contributed by atoms with Gasteiger partial charge < -0.3 is 14.8 Å². The van der Waals surface area contributed by atoms with Gasteiger partial charge in [0, 0.05) is 37.3 Å². The van der Waals surface area contributed by atoms with Crippen LogP contribution in [0.25, 0.3) is 0 Å². The van der Waals surface area contributed by atoms with Crippen LogP contribution in [0.1, 0.15) is 26.3 Å². The van der Waals surface area contributed by atoms with Gasteiger partial charge in [-0.15, -0.1) is 0 Å². The minimum absolute atomic E-state index is 0.0432. The number of piperazine rings is 1. The zero-order chi connectivity index (χ0) is 22.1. The van der Waals surface area contributed by atoms with Gasteiger partial charge in [0.2, 0.25) is 10.0 Å². The summed E-state index contributed by atoms with van der Waals surface area (Å²) >= 11 is 0. The highest BCUT2D eigenvalue weighted by molar-refractivity contribution is 7.89. The molecule has 7 nitrogen and oxygen atoms in total. The first-order valence-corrected chi connectivity index (χ1v) is 10.2. The zero-order valence-electron chi connectivity index (χ0n) is 15.4. The van der Waals surface area contributed by atoms with Crippen LogP contribution in [0.2, 0.25) is 0 Å². The van der Waals surface area contributed by atoms with Crippen molar-refractivity contribution in [2.24, 2.45) is 0 Å². The maximum Gasteiger partial charge on any atom is 0.416 e. The van der Waals surface area contributed by atoms with Gasteiger partial charge in [-0.05, 0) is 24.3 Å². The number of aromatic carboxylic acids is 1. The Morgan fingerprint density at radius 2 is 1.50 bits per heavy atom. The van der Waals surface area contributed by atoms with E-state index in [1.807, 2.05) is 0 Å². The van der Waals surface area contributed by atoms with E-state index in [1.54, 1.807) is 0 Å². The van der Waals surface area contributed by atoms with Gasteiger partial charge in [-0.3, -0.25) is 4.79 Å². The normalized spacial score (nSPS) is 15.8. The Labute approximate surface area is 170 Å². The van der Waals surface area contributed by atoms with Crippen LogP contribution in [-0.2, 0) is 16.2 Å². The molecule has 3 rings (SSSR count). The molecular weight excluding hydrogens is 425 g/mol. The molecule has 0 spiro atoms. The lowest BCUT2D eigenvalue weighted by Gasteiger charge is -2.34. The van der Waals surface area contributed by atoms with Crippen molar-refractivity contribution >= 4 is 21.9 Å². The van der Waals surface area contributed by atoms with E-state index in [4.69, 9.17) is 0 Å². The first-order chi connectivity index (χ1) is 14.0. The van der Waals surface area contributed by atoms with E-state index in [9.17, 15) is 36.3 Å². The van der Waals surface area contributed by atoms with Crippen molar-refractivity contribution in [3.63, 3.8) is 0 Å². The molecule has 1 saturated heterocycles. The van der Waals surface area contributed by atoms with E-state index in [0.717, 1.165) is 22.5 Å². The molecule has 160 valence electrons. The van der Waals surface area contributed by atoms with Crippen LogP contribution >= 0.6 is 0 Å². The molecule has 1 aliphatic heterocycles. The molecule has 1 heterocycles. The Morgan fingerprint density at radius 3 is 2.07 bits per heavy atom. The Balaban J connectivity index is 1.76. The highest BCUT2D eigenvalue weighted by atomic mass is 32.2. The smallest absolute Gasteiger partial charge is 0.416 e. The second-order valence-corrected chi connectivity index (χ2v) is 8.49. The van der Waals surface area contributed by atoms with Gasteiger partial charge in [0.25, 0.3) is 5.91 Å². The van der Waals surface area contributed by atoms with Gasteiger partial charge in [0.05, 0.1) is 16.4 Å². The number of rotatable bonds is 4. The number of benzene rings is 2. The average Bonchev–Trinajstić information content (AvgIpc) is 2.72. The van der Waals surface area contributed by atoms with Crippen LogP contribution in [0.4, 0.5) is 13.2 Å². The molecule has 1 aliphatic rings. The molecule has 2 aromatic carbocycles. The summed E-state index contributed by atoms with van der Waals surface area (Å²) in [6, 6.07) is 8.96. The number of carboxylic acids is 1. The van der Waals surface area contributed by atoms with Crippen molar-refractivity contribution in [1.29, 1.82) is 0 Å². The Hall–Kier alpha value is -2.92. The number of carbonyl (C=O) groups is 2. The highest BCUT2D eigenvalue weighted by Crippen LogP contribution is 2.31. The number of amides is 1. The molecule has 11 heteroatoms. The Morgan fingerprint density at radius 1 is 0.900 bits per heavy atom. The standard InChI is InChI=1S/C19H17F3N2O5S/c20-19(21,22)13-4-3-5-14(12-13)30(28,29)24-10-8-23(9-11-24)17(25)15-6-1-2-7-16(15)18(26)27/h1-7,12H,8-11H2,(H,26,27)/p-1. The predicted octanol–water partition coefficient (Wildman–Crippen LogP) is 1.22. The summed E-state index contributed by atoms with van der Waals surface area (Å²) in [5, 5.41) is 11.2.